The number of nitrogens with zero attached hydrogens (tertiary/aromatic N) is 4. The molecule has 2 aliphatic rings. The molecule has 42 heavy (non-hydrogen) atoms. The summed E-state index contributed by atoms with van der Waals surface area (Å²) >= 11 is 0. The van der Waals surface area contributed by atoms with Gasteiger partial charge in [0.2, 0.25) is 5.88 Å². The minimum Gasteiger partial charge on any atom is -0.473 e. The van der Waals surface area contributed by atoms with Crippen LogP contribution in [0.2, 0.25) is 0 Å². The van der Waals surface area contributed by atoms with Crippen LogP contribution in [0, 0.1) is 18.3 Å². The van der Waals surface area contributed by atoms with E-state index in [0.29, 0.717) is 44.1 Å². The number of hydrogen-bond donors (Lipinski definition) is 0. The summed E-state index contributed by atoms with van der Waals surface area (Å²) in [7, 11) is 0. The van der Waals surface area contributed by atoms with Crippen molar-refractivity contribution >= 4 is 11.0 Å². The van der Waals surface area contributed by atoms with Crippen LogP contribution in [0.15, 0.2) is 72.8 Å². The molecule has 2 aromatic heterocycles. The van der Waals surface area contributed by atoms with Gasteiger partial charge in [0, 0.05) is 24.7 Å². The Morgan fingerprint density at radius 1 is 0.929 bits per heavy atom. The zero-order chi connectivity index (χ0) is 28.5. The molecule has 4 heterocycles. The van der Waals surface area contributed by atoms with Crippen LogP contribution in [0.5, 0.6) is 5.88 Å². The lowest BCUT2D eigenvalue weighted by atomic mass is 9.99. The zero-order valence-corrected chi connectivity index (χ0v) is 23.7. The van der Waals surface area contributed by atoms with Gasteiger partial charge in [-0.2, -0.15) is 5.26 Å². The molecule has 7 nitrogen and oxygen atoms in total. The minimum atomic E-state index is 0.232. The molecule has 7 rings (SSSR count). The number of nitriles is 1. The van der Waals surface area contributed by atoms with Gasteiger partial charge in [-0.3, -0.25) is 0 Å². The van der Waals surface area contributed by atoms with Crippen LogP contribution in [-0.4, -0.2) is 33.9 Å². The van der Waals surface area contributed by atoms with Gasteiger partial charge in [0.1, 0.15) is 12.4 Å². The van der Waals surface area contributed by atoms with Crippen molar-refractivity contribution in [3.8, 4) is 23.2 Å². The first-order chi connectivity index (χ1) is 20.6. The molecule has 5 aromatic rings. The smallest absolute Gasteiger partial charge is 0.214 e. The molecule has 0 aliphatic carbocycles. The van der Waals surface area contributed by atoms with Crippen LogP contribution in [0.25, 0.3) is 22.3 Å². The fourth-order valence-electron chi connectivity index (χ4n) is 5.76. The van der Waals surface area contributed by atoms with Gasteiger partial charge in [0.25, 0.3) is 0 Å². The second-order valence-corrected chi connectivity index (χ2v) is 11.1. The summed E-state index contributed by atoms with van der Waals surface area (Å²) in [6, 6.07) is 26.8. The molecule has 1 fully saturated rings. The molecule has 2 aliphatic heterocycles. The topological polar surface area (TPSA) is 82.2 Å². The first-order valence-electron chi connectivity index (χ1n) is 14.5. The van der Waals surface area contributed by atoms with Crippen LogP contribution in [0.3, 0.4) is 0 Å². The molecule has 210 valence electrons. The largest absolute Gasteiger partial charge is 0.473 e. The van der Waals surface area contributed by atoms with E-state index in [9.17, 15) is 5.26 Å². The second kappa shape index (κ2) is 11.4. The quantitative estimate of drug-likeness (QED) is 0.258. The van der Waals surface area contributed by atoms with E-state index in [-0.39, 0.29) is 6.10 Å². The Balaban J connectivity index is 1.25. The molecular formula is C35H32N4O3. The molecule has 0 N–H and O–H groups in total. The Bertz CT molecular complexity index is 1820. The van der Waals surface area contributed by atoms with E-state index in [1.165, 1.54) is 11.1 Å². The normalized spacial score (nSPS) is 16.5. The van der Waals surface area contributed by atoms with Crippen molar-refractivity contribution in [3.63, 3.8) is 0 Å². The number of ether oxygens (including phenoxy) is 3. The van der Waals surface area contributed by atoms with E-state index in [0.717, 1.165) is 64.4 Å². The monoisotopic (exact) mass is 556 g/mol. The third-order valence-electron chi connectivity index (χ3n) is 8.22. The Labute approximate surface area is 245 Å². The van der Waals surface area contributed by atoms with Crippen molar-refractivity contribution in [2.75, 3.05) is 13.2 Å². The molecule has 3 aromatic carbocycles. The Morgan fingerprint density at radius 3 is 2.71 bits per heavy atom. The van der Waals surface area contributed by atoms with Crippen molar-refractivity contribution in [2.24, 2.45) is 0 Å². The molecule has 0 spiro atoms. The average molecular weight is 557 g/mol. The summed E-state index contributed by atoms with van der Waals surface area (Å²) in [4.78, 5) is 9.88. The van der Waals surface area contributed by atoms with Crippen molar-refractivity contribution < 1.29 is 14.2 Å². The SMILES string of the molecule is Cc1ccc2nc(Cc3ccc4cc3COCCc3cc(C#N)ccc3COc3cccc-4n3)n(CC3CCO3)c2c1. The van der Waals surface area contributed by atoms with Crippen LogP contribution in [0.4, 0.5) is 0 Å². The number of aromatic nitrogens is 3. The molecule has 0 saturated carbocycles. The van der Waals surface area contributed by atoms with Gasteiger partial charge in [-0.1, -0.05) is 30.3 Å². The highest BCUT2D eigenvalue weighted by Crippen LogP contribution is 2.28. The lowest BCUT2D eigenvalue weighted by molar-refractivity contribution is -0.0589. The Hall–Kier alpha value is -4.51. The second-order valence-electron chi connectivity index (χ2n) is 11.1. The van der Waals surface area contributed by atoms with Crippen molar-refractivity contribution in [1.29, 1.82) is 5.26 Å². The number of pyridine rings is 1. The first-order valence-corrected chi connectivity index (χ1v) is 14.5. The number of fused-ring (bicyclic) bond motifs is 7. The van der Waals surface area contributed by atoms with E-state index >= 15 is 0 Å². The van der Waals surface area contributed by atoms with Crippen LogP contribution in [-0.2, 0) is 42.1 Å². The molecule has 0 amide bonds. The van der Waals surface area contributed by atoms with Gasteiger partial charge in [-0.05, 0) is 84.0 Å². The van der Waals surface area contributed by atoms with E-state index in [1.807, 2.05) is 36.4 Å². The number of rotatable bonds is 4. The zero-order valence-electron chi connectivity index (χ0n) is 23.7. The maximum Gasteiger partial charge on any atom is 0.214 e. The highest BCUT2D eigenvalue weighted by atomic mass is 16.5. The number of benzene rings is 3. The third kappa shape index (κ3) is 5.39. The fourth-order valence-corrected chi connectivity index (χ4v) is 5.76. The standard InChI is InChI=1S/C35H32N4O3/c1-23-5-10-32-33(15-23)39(20-30-12-14-41-30)34(37-32)18-25-8-9-27-17-29(25)21-40-13-11-26-16-24(19-36)6-7-28(26)22-42-35-4-2-3-31(27)38-35/h2-10,15-17,30H,11-14,18,20-22H2,1H3. The van der Waals surface area contributed by atoms with E-state index < -0.39 is 0 Å². The summed E-state index contributed by atoms with van der Waals surface area (Å²) in [6.07, 6.45) is 2.68. The van der Waals surface area contributed by atoms with Crippen molar-refractivity contribution in [3.05, 3.63) is 112 Å². The summed E-state index contributed by atoms with van der Waals surface area (Å²) < 4.78 is 20.5. The van der Waals surface area contributed by atoms with Gasteiger partial charge in [-0.15, -0.1) is 0 Å². The van der Waals surface area contributed by atoms with Crippen molar-refractivity contribution in [2.45, 2.75) is 52.0 Å². The number of imidazole rings is 1. The maximum absolute atomic E-state index is 9.45. The molecule has 0 radical (unpaired) electrons. The van der Waals surface area contributed by atoms with E-state index in [4.69, 9.17) is 24.2 Å². The number of aryl methyl sites for hydroxylation is 1. The fraction of sp³-hybridized carbons (Fsp3) is 0.286. The maximum atomic E-state index is 9.45. The number of hydrogen-bond acceptors (Lipinski definition) is 6. The van der Waals surface area contributed by atoms with Gasteiger partial charge < -0.3 is 18.8 Å². The van der Waals surface area contributed by atoms with Gasteiger partial charge >= 0.3 is 0 Å². The molecular weight excluding hydrogens is 524 g/mol. The average Bonchev–Trinajstić information content (AvgIpc) is 3.32. The lowest BCUT2D eigenvalue weighted by Gasteiger charge is -2.27. The molecule has 1 unspecified atom stereocenters. The molecule has 7 heteroatoms. The predicted octanol–water partition coefficient (Wildman–Crippen LogP) is 6.31. The lowest BCUT2D eigenvalue weighted by Crippen LogP contribution is -2.31. The van der Waals surface area contributed by atoms with Crippen LogP contribution >= 0.6 is 0 Å². The van der Waals surface area contributed by atoms with Crippen molar-refractivity contribution in [1.82, 2.24) is 14.5 Å². The van der Waals surface area contributed by atoms with Gasteiger partial charge in [-0.25, -0.2) is 9.97 Å². The Morgan fingerprint density at radius 2 is 1.86 bits per heavy atom. The summed E-state index contributed by atoms with van der Waals surface area (Å²) in [6.45, 7) is 5.14. The van der Waals surface area contributed by atoms with Crippen LogP contribution < -0.4 is 4.74 Å². The van der Waals surface area contributed by atoms with E-state index in [1.54, 1.807) is 0 Å². The van der Waals surface area contributed by atoms with Crippen LogP contribution in [0.1, 0.15) is 45.6 Å². The summed E-state index contributed by atoms with van der Waals surface area (Å²) in [5.74, 6) is 1.60. The summed E-state index contributed by atoms with van der Waals surface area (Å²) in [5.41, 5.74) is 10.3. The molecule has 1 atom stereocenters. The van der Waals surface area contributed by atoms with E-state index in [2.05, 4.69) is 54.0 Å². The molecule has 4 bridgehead atoms. The Kier molecular flexibility index (Phi) is 7.16. The van der Waals surface area contributed by atoms with Gasteiger partial charge in [0.15, 0.2) is 0 Å². The van der Waals surface area contributed by atoms with Gasteiger partial charge in [0.05, 0.1) is 54.2 Å². The first kappa shape index (κ1) is 26.4. The predicted molar refractivity (Wildman–Crippen MR) is 160 cm³/mol. The molecule has 1 saturated heterocycles. The highest BCUT2D eigenvalue weighted by molar-refractivity contribution is 5.77. The third-order valence-corrected chi connectivity index (χ3v) is 8.22. The summed E-state index contributed by atoms with van der Waals surface area (Å²) in [5, 5.41) is 9.45. The minimum absolute atomic E-state index is 0.232. The highest BCUT2D eigenvalue weighted by Gasteiger charge is 2.22.